The molecule has 5 heteroatoms. The molecule has 94 valence electrons. The molecule has 0 radical (unpaired) electrons. The maximum absolute atomic E-state index is 11.5. The first-order valence-corrected chi connectivity index (χ1v) is 7.98. The maximum atomic E-state index is 11.5. The molecule has 3 atom stereocenters. The first kappa shape index (κ1) is 12.3. The molecule has 0 bridgehead atoms. The Labute approximate surface area is 98.3 Å². The van der Waals surface area contributed by atoms with Crippen molar-refractivity contribution in [3.63, 3.8) is 0 Å². The largest absolute Gasteiger partial charge is 0.315 e. The van der Waals surface area contributed by atoms with Crippen molar-refractivity contribution in [1.29, 1.82) is 0 Å². The van der Waals surface area contributed by atoms with Crippen LogP contribution >= 0.6 is 0 Å². The summed E-state index contributed by atoms with van der Waals surface area (Å²) in [7, 11) is -0.667. The third kappa shape index (κ3) is 2.41. The zero-order chi connectivity index (χ0) is 11.8. The van der Waals surface area contributed by atoms with Gasteiger partial charge in [0.05, 0.1) is 11.5 Å². The van der Waals surface area contributed by atoms with Crippen molar-refractivity contribution in [1.82, 2.24) is 10.2 Å². The van der Waals surface area contributed by atoms with Gasteiger partial charge in [-0.1, -0.05) is 13.3 Å². The molecule has 2 rings (SSSR count). The predicted octanol–water partition coefficient (Wildman–Crippen LogP) is 0.103. The first-order valence-electron chi connectivity index (χ1n) is 6.16. The molecule has 0 aliphatic carbocycles. The second kappa shape index (κ2) is 4.63. The first-order chi connectivity index (χ1) is 7.53. The van der Waals surface area contributed by atoms with Gasteiger partial charge in [-0.05, 0) is 25.9 Å². The van der Waals surface area contributed by atoms with E-state index in [1.807, 2.05) is 0 Å². The fourth-order valence-corrected chi connectivity index (χ4v) is 4.77. The zero-order valence-corrected chi connectivity index (χ0v) is 11.0. The number of sulfone groups is 1. The molecule has 0 saturated carbocycles. The third-order valence-electron chi connectivity index (χ3n) is 4.14. The Kier molecular flexibility index (Phi) is 3.56. The number of likely N-dealkylation sites (N-methyl/N-ethyl adjacent to an activating group) is 1. The molecule has 2 heterocycles. The van der Waals surface area contributed by atoms with Crippen LogP contribution in [0.25, 0.3) is 0 Å². The molecule has 16 heavy (non-hydrogen) atoms. The molecule has 2 aliphatic heterocycles. The molecular weight excluding hydrogens is 224 g/mol. The highest BCUT2D eigenvalue weighted by Crippen LogP contribution is 2.24. The number of hydrogen-bond acceptors (Lipinski definition) is 4. The normalized spacial score (nSPS) is 38.3. The minimum Gasteiger partial charge on any atom is -0.315 e. The molecule has 0 amide bonds. The zero-order valence-electron chi connectivity index (χ0n) is 10.1. The van der Waals surface area contributed by atoms with E-state index >= 15 is 0 Å². The van der Waals surface area contributed by atoms with Crippen LogP contribution in [0.15, 0.2) is 0 Å². The fraction of sp³-hybridized carbons (Fsp3) is 1.00. The van der Waals surface area contributed by atoms with Gasteiger partial charge in [0.25, 0.3) is 0 Å². The van der Waals surface area contributed by atoms with Crippen LogP contribution in [0.4, 0.5) is 0 Å². The standard InChI is InChI=1S/C11H22N2O2S/c1-3-9-6-12-7-11(9)13(2)10-4-5-16(14,15)8-10/h9-12H,3-8H2,1-2H3. The molecule has 1 N–H and O–H groups in total. The Hall–Kier alpha value is -0.130. The van der Waals surface area contributed by atoms with Crippen LogP contribution in [0.2, 0.25) is 0 Å². The lowest BCUT2D eigenvalue weighted by Crippen LogP contribution is -2.45. The number of nitrogens with zero attached hydrogens (tertiary/aromatic N) is 1. The Bertz CT molecular complexity index is 342. The van der Waals surface area contributed by atoms with E-state index < -0.39 is 9.84 Å². The highest BCUT2D eigenvalue weighted by atomic mass is 32.2. The smallest absolute Gasteiger partial charge is 0.151 e. The summed E-state index contributed by atoms with van der Waals surface area (Å²) >= 11 is 0. The van der Waals surface area contributed by atoms with E-state index in [1.165, 1.54) is 6.42 Å². The van der Waals surface area contributed by atoms with Crippen LogP contribution in [0, 0.1) is 5.92 Å². The molecule has 0 spiro atoms. The van der Waals surface area contributed by atoms with Gasteiger partial charge in [-0.25, -0.2) is 8.42 Å². The molecular formula is C11H22N2O2S. The second-order valence-corrected chi connectivity index (χ2v) is 7.34. The molecule has 0 aromatic heterocycles. The summed E-state index contributed by atoms with van der Waals surface area (Å²) in [5.41, 5.74) is 0. The summed E-state index contributed by atoms with van der Waals surface area (Å²) in [6.45, 7) is 4.29. The Morgan fingerprint density at radius 2 is 2.12 bits per heavy atom. The monoisotopic (exact) mass is 246 g/mol. The van der Waals surface area contributed by atoms with Gasteiger partial charge in [0.15, 0.2) is 9.84 Å². The van der Waals surface area contributed by atoms with Crippen molar-refractivity contribution in [3.8, 4) is 0 Å². The van der Waals surface area contributed by atoms with Crippen molar-refractivity contribution in [2.24, 2.45) is 5.92 Å². The van der Waals surface area contributed by atoms with E-state index in [4.69, 9.17) is 0 Å². The Balaban J connectivity index is 2.00. The fourth-order valence-electron chi connectivity index (χ4n) is 2.98. The van der Waals surface area contributed by atoms with Gasteiger partial charge in [-0.3, -0.25) is 4.90 Å². The van der Waals surface area contributed by atoms with Gasteiger partial charge < -0.3 is 5.32 Å². The topological polar surface area (TPSA) is 49.4 Å². The van der Waals surface area contributed by atoms with E-state index in [1.54, 1.807) is 0 Å². The summed E-state index contributed by atoms with van der Waals surface area (Å²) < 4.78 is 22.9. The van der Waals surface area contributed by atoms with E-state index in [0.29, 0.717) is 23.5 Å². The molecule has 2 aliphatic rings. The van der Waals surface area contributed by atoms with Gasteiger partial charge >= 0.3 is 0 Å². The van der Waals surface area contributed by atoms with Crippen molar-refractivity contribution < 1.29 is 8.42 Å². The van der Waals surface area contributed by atoms with E-state index in [2.05, 4.69) is 24.2 Å². The predicted molar refractivity (Wildman–Crippen MR) is 65.3 cm³/mol. The van der Waals surface area contributed by atoms with Crippen molar-refractivity contribution in [3.05, 3.63) is 0 Å². The van der Waals surface area contributed by atoms with Crippen LogP contribution < -0.4 is 5.32 Å². The summed E-state index contributed by atoms with van der Waals surface area (Å²) in [6.07, 6.45) is 1.98. The van der Waals surface area contributed by atoms with Crippen LogP contribution in [0.5, 0.6) is 0 Å². The summed E-state index contributed by atoms with van der Waals surface area (Å²) in [5.74, 6) is 1.41. The van der Waals surface area contributed by atoms with Crippen LogP contribution in [-0.2, 0) is 9.84 Å². The van der Waals surface area contributed by atoms with E-state index in [-0.39, 0.29) is 6.04 Å². The molecule has 4 nitrogen and oxygen atoms in total. The Morgan fingerprint density at radius 1 is 1.38 bits per heavy atom. The van der Waals surface area contributed by atoms with Crippen molar-refractivity contribution >= 4 is 9.84 Å². The van der Waals surface area contributed by atoms with Gasteiger partial charge in [-0.2, -0.15) is 0 Å². The van der Waals surface area contributed by atoms with Gasteiger partial charge in [0, 0.05) is 18.6 Å². The second-order valence-electron chi connectivity index (χ2n) is 5.12. The summed E-state index contributed by atoms with van der Waals surface area (Å²) in [4.78, 5) is 2.30. The quantitative estimate of drug-likeness (QED) is 0.767. The van der Waals surface area contributed by atoms with Gasteiger partial charge in [0.1, 0.15) is 0 Å². The number of nitrogens with one attached hydrogen (secondary N) is 1. The highest BCUT2D eigenvalue weighted by Gasteiger charge is 2.37. The van der Waals surface area contributed by atoms with E-state index in [0.717, 1.165) is 19.5 Å². The average molecular weight is 246 g/mol. The van der Waals surface area contributed by atoms with Crippen LogP contribution in [0.3, 0.4) is 0 Å². The van der Waals surface area contributed by atoms with Gasteiger partial charge in [0.2, 0.25) is 0 Å². The maximum Gasteiger partial charge on any atom is 0.151 e. The van der Waals surface area contributed by atoms with Crippen LogP contribution in [0.1, 0.15) is 19.8 Å². The molecule has 2 saturated heterocycles. The SMILES string of the molecule is CCC1CNCC1N(C)C1CCS(=O)(=O)C1. The van der Waals surface area contributed by atoms with Crippen molar-refractivity contribution in [2.75, 3.05) is 31.6 Å². The minimum absolute atomic E-state index is 0.240. The molecule has 0 aromatic carbocycles. The summed E-state index contributed by atoms with van der Waals surface area (Å²) in [5, 5.41) is 3.41. The van der Waals surface area contributed by atoms with Crippen molar-refractivity contribution in [2.45, 2.75) is 31.8 Å². The summed E-state index contributed by atoms with van der Waals surface area (Å²) in [6, 6.07) is 0.757. The molecule has 3 unspecified atom stereocenters. The number of rotatable bonds is 3. The average Bonchev–Trinajstić information content (AvgIpc) is 2.82. The number of hydrogen-bond donors (Lipinski definition) is 1. The molecule has 2 fully saturated rings. The Morgan fingerprint density at radius 3 is 2.69 bits per heavy atom. The lowest BCUT2D eigenvalue weighted by atomic mass is 9.98. The minimum atomic E-state index is -2.76. The van der Waals surface area contributed by atoms with Crippen LogP contribution in [-0.4, -0.2) is 57.0 Å². The third-order valence-corrected chi connectivity index (χ3v) is 5.89. The highest BCUT2D eigenvalue weighted by molar-refractivity contribution is 7.91. The lowest BCUT2D eigenvalue weighted by Gasteiger charge is -2.32. The molecule has 0 aromatic rings. The van der Waals surface area contributed by atoms with E-state index in [9.17, 15) is 8.42 Å². The lowest BCUT2D eigenvalue weighted by molar-refractivity contribution is 0.161. The van der Waals surface area contributed by atoms with Gasteiger partial charge in [-0.15, -0.1) is 0 Å².